The number of hydrogen-bond acceptors (Lipinski definition) is 5. The Kier molecular flexibility index (Phi) is 4.12. The third-order valence-electron chi connectivity index (χ3n) is 3.39. The number of anilines is 1. The van der Waals surface area contributed by atoms with Gasteiger partial charge in [0.2, 0.25) is 11.2 Å². The lowest BCUT2D eigenvalue weighted by molar-refractivity contribution is 0.416. The van der Waals surface area contributed by atoms with E-state index >= 15 is 0 Å². The molecule has 0 saturated carbocycles. The molecule has 110 valence electrons. The van der Waals surface area contributed by atoms with E-state index in [1.54, 1.807) is 25.3 Å². The molecule has 7 heteroatoms. The molecule has 0 aliphatic carbocycles. The number of nitrogens with zero attached hydrogens (tertiary/aromatic N) is 4. The fourth-order valence-electron chi connectivity index (χ4n) is 2.37. The van der Waals surface area contributed by atoms with Crippen molar-refractivity contribution < 1.29 is 4.74 Å². The molecule has 0 bridgehead atoms. The summed E-state index contributed by atoms with van der Waals surface area (Å²) in [5.74, 6) is 1.72. The molecule has 1 aromatic carbocycles. The zero-order chi connectivity index (χ0) is 14.8. The maximum Gasteiger partial charge on any atom is 0.230 e. The molecular formula is C14H14Cl2N4O. The van der Waals surface area contributed by atoms with Gasteiger partial charge in [0, 0.05) is 18.1 Å². The minimum atomic E-state index is 0.170. The lowest BCUT2D eigenvalue weighted by Gasteiger charge is -2.16. The molecule has 0 amide bonds. The number of aromatic nitrogens is 3. The van der Waals surface area contributed by atoms with E-state index in [2.05, 4.69) is 19.9 Å². The van der Waals surface area contributed by atoms with Gasteiger partial charge >= 0.3 is 0 Å². The third-order valence-corrected chi connectivity index (χ3v) is 3.79. The van der Waals surface area contributed by atoms with E-state index in [4.69, 9.17) is 27.9 Å². The molecule has 2 aromatic rings. The highest BCUT2D eigenvalue weighted by Crippen LogP contribution is 2.31. The van der Waals surface area contributed by atoms with Gasteiger partial charge in [0.25, 0.3) is 0 Å². The predicted molar refractivity (Wildman–Crippen MR) is 83.3 cm³/mol. The lowest BCUT2D eigenvalue weighted by Crippen LogP contribution is -2.21. The van der Waals surface area contributed by atoms with Crippen LogP contribution in [-0.4, -0.2) is 35.2 Å². The van der Waals surface area contributed by atoms with Crippen molar-refractivity contribution in [1.82, 2.24) is 15.0 Å². The molecule has 1 fully saturated rings. The molecule has 0 radical (unpaired) electrons. The molecule has 0 N–H and O–H groups in total. The number of hydrogen-bond donors (Lipinski definition) is 0. The highest BCUT2D eigenvalue weighted by atomic mass is 35.5. The first-order valence-corrected chi connectivity index (χ1v) is 7.43. The summed E-state index contributed by atoms with van der Waals surface area (Å²) in [5.41, 5.74) is 0.703. The van der Waals surface area contributed by atoms with Gasteiger partial charge < -0.3 is 9.64 Å². The molecule has 5 nitrogen and oxygen atoms in total. The van der Waals surface area contributed by atoms with E-state index in [-0.39, 0.29) is 5.28 Å². The van der Waals surface area contributed by atoms with E-state index in [1.807, 2.05) is 0 Å². The topological polar surface area (TPSA) is 51.1 Å². The van der Waals surface area contributed by atoms with Crippen molar-refractivity contribution in [2.24, 2.45) is 0 Å². The Morgan fingerprint density at radius 1 is 1.10 bits per heavy atom. The lowest BCUT2D eigenvalue weighted by atomic mass is 10.2. The summed E-state index contributed by atoms with van der Waals surface area (Å²) in [6.45, 7) is 1.87. The molecular weight excluding hydrogens is 311 g/mol. The second-order valence-corrected chi connectivity index (χ2v) is 5.54. The van der Waals surface area contributed by atoms with Crippen LogP contribution >= 0.6 is 23.2 Å². The zero-order valence-corrected chi connectivity index (χ0v) is 13.0. The summed E-state index contributed by atoms with van der Waals surface area (Å²) in [4.78, 5) is 15.0. The molecule has 0 atom stereocenters. The number of methoxy groups -OCH3 is 1. The van der Waals surface area contributed by atoms with Gasteiger partial charge in [-0.1, -0.05) is 11.6 Å². The Morgan fingerprint density at radius 2 is 1.86 bits per heavy atom. The van der Waals surface area contributed by atoms with Gasteiger partial charge in [-0.15, -0.1) is 0 Å². The number of rotatable bonds is 3. The summed E-state index contributed by atoms with van der Waals surface area (Å²) < 4.78 is 5.34. The van der Waals surface area contributed by atoms with Crippen LogP contribution in [0.25, 0.3) is 11.4 Å². The number of ether oxygens (including phenoxy) is 1. The van der Waals surface area contributed by atoms with E-state index in [0.717, 1.165) is 25.9 Å². The van der Waals surface area contributed by atoms with Crippen LogP contribution in [0.15, 0.2) is 18.2 Å². The molecule has 3 rings (SSSR count). The summed E-state index contributed by atoms with van der Waals surface area (Å²) in [5, 5.41) is 0.758. The first kappa shape index (κ1) is 14.4. The van der Waals surface area contributed by atoms with Crippen molar-refractivity contribution >= 4 is 29.2 Å². The standard InChI is InChI=1S/C14H14Cl2N4O/c1-21-11-5-4-9(15)8-10(11)12-17-13(16)19-14(18-12)20-6-2-3-7-20/h4-5,8H,2-3,6-7H2,1H3. The summed E-state index contributed by atoms with van der Waals surface area (Å²) in [6.07, 6.45) is 2.28. The Labute approximate surface area is 132 Å². The summed E-state index contributed by atoms with van der Waals surface area (Å²) in [7, 11) is 1.59. The second-order valence-electron chi connectivity index (χ2n) is 4.77. The van der Waals surface area contributed by atoms with Gasteiger partial charge in [-0.05, 0) is 42.6 Å². The maximum atomic E-state index is 6.06. The van der Waals surface area contributed by atoms with Gasteiger partial charge in [-0.25, -0.2) is 0 Å². The molecule has 1 aromatic heterocycles. The van der Waals surface area contributed by atoms with E-state index < -0.39 is 0 Å². The summed E-state index contributed by atoms with van der Waals surface area (Å²) >= 11 is 12.1. The molecule has 1 aliphatic rings. The second kappa shape index (κ2) is 6.03. The average molecular weight is 325 g/mol. The molecule has 1 saturated heterocycles. The maximum absolute atomic E-state index is 6.06. The fraction of sp³-hybridized carbons (Fsp3) is 0.357. The zero-order valence-electron chi connectivity index (χ0n) is 11.5. The molecule has 2 heterocycles. The van der Waals surface area contributed by atoms with Crippen LogP contribution in [0.3, 0.4) is 0 Å². The normalized spacial score (nSPS) is 14.5. The smallest absolute Gasteiger partial charge is 0.230 e. The number of halogens is 2. The van der Waals surface area contributed by atoms with Crippen molar-refractivity contribution in [3.63, 3.8) is 0 Å². The van der Waals surface area contributed by atoms with Crippen molar-refractivity contribution in [1.29, 1.82) is 0 Å². The van der Waals surface area contributed by atoms with Crippen LogP contribution in [0.5, 0.6) is 5.75 Å². The van der Waals surface area contributed by atoms with Crippen LogP contribution in [0.4, 0.5) is 5.95 Å². The Balaban J connectivity index is 2.07. The van der Waals surface area contributed by atoms with Crippen LogP contribution in [0.2, 0.25) is 10.3 Å². The van der Waals surface area contributed by atoms with Crippen LogP contribution in [0, 0.1) is 0 Å². The first-order valence-electron chi connectivity index (χ1n) is 6.68. The van der Waals surface area contributed by atoms with Crippen molar-refractivity contribution in [3.8, 4) is 17.1 Å². The minimum absolute atomic E-state index is 0.170. The van der Waals surface area contributed by atoms with E-state index in [9.17, 15) is 0 Å². The van der Waals surface area contributed by atoms with Crippen molar-refractivity contribution in [3.05, 3.63) is 28.5 Å². The Hall–Kier alpha value is -1.59. The predicted octanol–water partition coefficient (Wildman–Crippen LogP) is 3.45. The molecule has 21 heavy (non-hydrogen) atoms. The largest absolute Gasteiger partial charge is 0.496 e. The molecule has 0 spiro atoms. The first-order chi connectivity index (χ1) is 10.2. The van der Waals surface area contributed by atoms with E-state index in [0.29, 0.717) is 28.1 Å². The van der Waals surface area contributed by atoms with E-state index in [1.165, 1.54) is 0 Å². The quantitative estimate of drug-likeness (QED) is 0.865. The van der Waals surface area contributed by atoms with Crippen LogP contribution in [0.1, 0.15) is 12.8 Å². The van der Waals surface area contributed by atoms with Crippen molar-refractivity contribution in [2.75, 3.05) is 25.1 Å². The Morgan fingerprint density at radius 3 is 2.57 bits per heavy atom. The molecule has 1 aliphatic heterocycles. The fourth-order valence-corrected chi connectivity index (χ4v) is 2.70. The van der Waals surface area contributed by atoms with Crippen LogP contribution < -0.4 is 9.64 Å². The SMILES string of the molecule is COc1ccc(Cl)cc1-c1nc(Cl)nc(N2CCCC2)n1. The average Bonchev–Trinajstić information content (AvgIpc) is 3.01. The number of benzene rings is 1. The monoisotopic (exact) mass is 324 g/mol. The summed E-state index contributed by atoms with van der Waals surface area (Å²) in [6, 6.07) is 5.30. The van der Waals surface area contributed by atoms with Gasteiger partial charge in [0.05, 0.1) is 12.7 Å². The van der Waals surface area contributed by atoms with Gasteiger partial charge in [-0.3, -0.25) is 0 Å². The van der Waals surface area contributed by atoms with Crippen molar-refractivity contribution in [2.45, 2.75) is 12.8 Å². The Bertz CT molecular complexity index is 659. The minimum Gasteiger partial charge on any atom is -0.496 e. The van der Waals surface area contributed by atoms with Gasteiger partial charge in [-0.2, -0.15) is 15.0 Å². The highest BCUT2D eigenvalue weighted by molar-refractivity contribution is 6.31. The van der Waals surface area contributed by atoms with Gasteiger partial charge in [0.1, 0.15) is 5.75 Å². The highest BCUT2D eigenvalue weighted by Gasteiger charge is 2.19. The van der Waals surface area contributed by atoms with Gasteiger partial charge in [0.15, 0.2) is 5.82 Å². The molecule has 0 unspecified atom stereocenters. The van der Waals surface area contributed by atoms with Crippen LogP contribution in [-0.2, 0) is 0 Å². The third kappa shape index (κ3) is 3.04.